The molecule has 28 heavy (non-hydrogen) atoms. The van der Waals surface area contributed by atoms with Gasteiger partial charge in [-0.3, -0.25) is 4.79 Å². The number of esters is 2. The van der Waals surface area contributed by atoms with Crippen LogP contribution in [0.3, 0.4) is 0 Å². The van der Waals surface area contributed by atoms with Gasteiger partial charge in [0, 0.05) is 12.0 Å². The average molecular weight is 403 g/mol. The fourth-order valence-electron chi connectivity index (χ4n) is 2.19. The van der Waals surface area contributed by atoms with Crippen LogP contribution >= 0.6 is 0 Å². The summed E-state index contributed by atoms with van der Waals surface area (Å²) < 4.78 is 25.9. The summed E-state index contributed by atoms with van der Waals surface area (Å²) in [4.78, 5) is 22.6. The first-order chi connectivity index (χ1) is 13.6. The van der Waals surface area contributed by atoms with Crippen LogP contribution in [0.4, 0.5) is 0 Å². The molecule has 0 saturated carbocycles. The van der Waals surface area contributed by atoms with Crippen molar-refractivity contribution in [3.63, 3.8) is 0 Å². The van der Waals surface area contributed by atoms with E-state index in [4.69, 9.17) is 23.7 Å². The third-order valence-electron chi connectivity index (χ3n) is 3.78. The molecule has 0 N–H and O–H groups in total. The summed E-state index contributed by atoms with van der Waals surface area (Å²) >= 11 is 0. The predicted octanol–water partition coefficient (Wildman–Crippen LogP) is 3.45. The van der Waals surface area contributed by atoms with E-state index in [2.05, 4.69) is 13.5 Å². The molecule has 0 radical (unpaired) electrons. The van der Waals surface area contributed by atoms with Crippen LogP contribution in [0.1, 0.15) is 58.8 Å². The monoisotopic (exact) mass is 402 g/mol. The molecule has 164 valence electrons. The van der Waals surface area contributed by atoms with Crippen LogP contribution in [-0.4, -0.2) is 64.8 Å². The molecule has 0 aromatic carbocycles. The molecular formula is C21H38O7. The maximum absolute atomic E-state index is 11.5. The summed E-state index contributed by atoms with van der Waals surface area (Å²) in [6, 6.07) is 0. The highest BCUT2D eigenvalue weighted by molar-refractivity contribution is 5.86. The lowest BCUT2D eigenvalue weighted by Crippen LogP contribution is -2.15. The Morgan fingerprint density at radius 3 is 1.68 bits per heavy atom. The van der Waals surface area contributed by atoms with E-state index < -0.39 is 5.97 Å². The van der Waals surface area contributed by atoms with Crippen LogP contribution in [0.2, 0.25) is 0 Å². The molecule has 0 unspecified atom stereocenters. The van der Waals surface area contributed by atoms with Crippen LogP contribution in [0, 0.1) is 0 Å². The minimum atomic E-state index is -0.412. The molecule has 0 aromatic heterocycles. The van der Waals surface area contributed by atoms with Crippen molar-refractivity contribution in [2.45, 2.75) is 58.8 Å². The fourth-order valence-corrected chi connectivity index (χ4v) is 2.19. The molecule has 0 fully saturated rings. The first kappa shape index (κ1) is 26.6. The molecule has 0 aliphatic heterocycles. The molecule has 0 heterocycles. The fraction of sp³-hybridized carbons (Fsp3) is 0.810. The van der Waals surface area contributed by atoms with E-state index in [1.807, 2.05) is 0 Å². The number of carbonyl (C=O) groups excluding carboxylic acids is 2. The number of hydrogen-bond acceptors (Lipinski definition) is 7. The lowest BCUT2D eigenvalue weighted by Gasteiger charge is -2.08. The van der Waals surface area contributed by atoms with E-state index in [0.29, 0.717) is 51.6 Å². The Balaban J connectivity index is 3.20. The summed E-state index contributed by atoms with van der Waals surface area (Å²) in [7, 11) is 0. The summed E-state index contributed by atoms with van der Waals surface area (Å²) in [6.07, 6.45) is 7.42. The zero-order valence-electron chi connectivity index (χ0n) is 17.7. The van der Waals surface area contributed by atoms with Crippen molar-refractivity contribution in [2.24, 2.45) is 0 Å². The lowest BCUT2D eigenvalue weighted by atomic mass is 10.1. The van der Waals surface area contributed by atoms with Gasteiger partial charge in [-0.1, -0.05) is 45.6 Å². The minimum absolute atomic E-state index is 0.151. The van der Waals surface area contributed by atoms with Crippen molar-refractivity contribution >= 4 is 11.9 Å². The van der Waals surface area contributed by atoms with Gasteiger partial charge in [-0.25, -0.2) is 4.79 Å². The van der Waals surface area contributed by atoms with Crippen molar-refractivity contribution < 1.29 is 33.3 Å². The zero-order chi connectivity index (χ0) is 20.9. The first-order valence-corrected chi connectivity index (χ1v) is 10.3. The van der Waals surface area contributed by atoms with Gasteiger partial charge < -0.3 is 23.7 Å². The Bertz CT molecular complexity index is 410. The van der Waals surface area contributed by atoms with Crippen molar-refractivity contribution in [3.05, 3.63) is 12.2 Å². The summed E-state index contributed by atoms with van der Waals surface area (Å²) in [6.45, 7) is 10.2. The Morgan fingerprint density at radius 1 is 0.679 bits per heavy atom. The van der Waals surface area contributed by atoms with Gasteiger partial charge in [0.2, 0.25) is 0 Å². The summed E-state index contributed by atoms with van der Waals surface area (Å²) in [5.74, 6) is -0.563. The van der Waals surface area contributed by atoms with Crippen LogP contribution in [0.15, 0.2) is 12.2 Å². The quantitative estimate of drug-likeness (QED) is 0.175. The van der Waals surface area contributed by atoms with Gasteiger partial charge in [0.15, 0.2) is 0 Å². The van der Waals surface area contributed by atoms with Gasteiger partial charge >= 0.3 is 11.9 Å². The number of hydrogen-bond donors (Lipinski definition) is 0. The molecule has 0 atom stereocenters. The number of unbranched alkanes of at least 4 members (excludes halogenated alkanes) is 5. The third-order valence-corrected chi connectivity index (χ3v) is 3.78. The predicted molar refractivity (Wildman–Crippen MR) is 107 cm³/mol. The van der Waals surface area contributed by atoms with Crippen LogP contribution in [0.5, 0.6) is 0 Å². The smallest absolute Gasteiger partial charge is 0.333 e. The highest BCUT2D eigenvalue weighted by Crippen LogP contribution is 2.07. The molecule has 0 spiro atoms. The normalized spacial score (nSPS) is 10.6. The molecule has 7 nitrogen and oxygen atoms in total. The first-order valence-electron chi connectivity index (χ1n) is 10.3. The van der Waals surface area contributed by atoms with E-state index in [1.54, 1.807) is 6.92 Å². The number of rotatable bonds is 20. The van der Waals surface area contributed by atoms with Gasteiger partial charge in [0.1, 0.15) is 13.2 Å². The van der Waals surface area contributed by atoms with Gasteiger partial charge in [-0.05, 0) is 13.3 Å². The summed E-state index contributed by atoms with van der Waals surface area (Å²) in [5.41, 5.74) is 0.371. The Morgan fingerprint density at radius 2 is 1.14 bits per heavy atom. The average Bonchev–Trinajstić information content (AvgIpc) is 2.67. The van der Waals surface area contributed by atoms with Gasteiger partial charge in [0.05, 0.1) is 39.6 Å². The third kappa shape index (κ3) is 19.3. The van der Waals surface area contributed by atoms with E-state index in [-0.39, 0.29) is 19.2 Å². The topological polar surface area (TPSA) is 80.3 Å². The molecule has 0 saturated heterocycles. The van der Waals surface area contributed by atoms with Gasteiger partial charge in [-0.2, -0.15) is 0 Å². The second-order valence-electron chi connectivity index (χ2n) is 6.49. The molecule has 0 amide bonds. The van der Waals surface area contributed by atoms with E-state index in [1.165, 1.54) is 25.7 Å². The zero-order valence-corrected chi connectivity index (χ0v) is 17.7. The van der Waals surface area contributed by atoms with Crippen LogP contribution in [-0.2, 0) is 33.3 Å². The second kappa shape index (κ2) is 20.3. The second-order valence-corrected chi connectivity index (χ2v) is 6.49. The van der Waals surface area contributed by atoms with Crippen molar-refractivity contribution in [3.8, 4) is 0 Å². The molecule has 7 heteroatoms. The number of carbonyl (C=O) groups is 2. The SMILES string of the molecule is C=C(C)C(=O)OCCOCCOCCOCCOC(=O)CCCCCCCC. The van der Waals surface area contributed by atoms with Gasteiger partial charge in [-0.15, -0.1) is 0 Å². The van der Waals surface area contributed by atoms with Crippen molar-refractivity contribution in [1.29, 1.82) is 0 Å². The Kier molecular flexibility index (Phi) is 19.3. The van der Waals surface area contributed by atoms with E-state index >= 15 is 0 Å². The molecule has 0 aliphatic carbocycles. The van der Waals surface area contributed by atoms with E-state index in [0.717, 1.165) is 12.8 Å². The molecule has 0 aliphatic rings. The summed E-state index contributed by atoms with van der Waals surface area (Å²) in [5, 5.41) is 0. The van der Waals surface area contributed by atoms with Crippen LogP contribution in [0.25, 0.3) is 0 Å². The van der Waals surface area contributed by atoms with Gasteiger partial charge in [0.25, 0.3) is 0 Å². The van der Waals surface area contributed by atoms with E-state index in [9.17, 15) is 9.59 Å². The van der Waals surface area contributed by atoms with Crippen LogP contribution < -0.4 is 0 Å². The Hall–Kier alpha value is -1.44. The minimum Gasteiger partial charge on any atom is -0.463 e. The molecular weight excluding hydrogens is 364 g/mol. The highest BCUT2D eigenvalue weighted by atomic mass is 16.6. The van der Waals surface area contributed by atoms with Crippen molar-refractivity contribution in [1.82, 2.24) is 0 Å². The van der Waals surface area contributed by atoms with Crippen molar-refractivity contribution in [2.75, 3.05) is 52.9 Å². The molecule has 0 rings (SSSR count). The Labute approximate surface area is 169 Å². The molecule has 0 aromatic rings. The standard InChI is InChI=1S/C21H38O7/c1-4-5-6-7-8-9-10-20(22)27-17-15-25-13-11-24-12-14-26-16-18-28-21(23)19(2)3/h2,4-18H2,1,3H3. The molecule has 0 bridgehead atoms. The number of ether oxygens (including phenoxy) is 5. The maximum Gasteiger partial charge on any atom is 0.333 e. The largest absolute Gasteiger partial charge is 0.463 e. The maximum atomic E-state index is 11.5. The highest BCUT2D eigenvalue weighted by Gasteiger charge is 2.03. The lowest BCUT2D eigenvalue weighted by molar-refractivity contribution is -0.145.